The highest BCUT2D eigenvalue weighted by atomic mass is 35.5. The summed E-state index contributed by atoms with van der Waals surface area (Å²) in [6, 6.07) is 0. The van der Waals surface area contributed by atoms with E-state index in [1.807, 2.05) is 6.92 Å². The second-order valence-corrected chi connectivity index (χ2v) is 3.95. The van der Waals surface area contributed by atoms with Crippen LogP contribution in [-0.4, -0.2) is 15.0 Å². The van der Waals surface area contributed by atoms with Crippen LogP contribution in [0.1, 0.15) is 10.6 Å². The third-order valence-corrected chi connectivity index (χ3v) is 3.30. The van der Waals surface area contributed by atoms with E-state index in [0.29, 0.717) is 5.88 Å². The maximum absolute atomic E-state index is 5.75. The Bertz CT molecular complexity index is 393. The summed E-state index contributed by atoms with van der Waals surface area (Å²) in [7, 11) is 0. The fraction of sp³-hybridized carbons (Fsp3) is 0.250. The molecule has 0 unspecified atom stereocenters. The van der Waals surface area contributed by atoms with Crippen LogP contribution in [0.3, 0.4) is 0 Å². The highest BCUT2D eigenvalue weighted by molar-refractivity contribution is 7.15. The molecule has 1 N–H and O–H groups in total. The monoisotopic (exact) mass is 213 g/mol. The maximum atomic E-state index is 5.75. The number of nitrogens with zero attached hydrogens (tertiary/aromatic N) is 2. The van der Waals surface area contributed by atoms with Crippen LogP contribution in [0.4, 0.5) is 0 Å². The first-order valence-corrected chi connectivity index (χ1v) is 5.18. The molecule has 2 aromatic rings. The van der Waals surface area contributed by atoms with Crippen LogP contribution in [0.15, 0.2) is 12.4 Å². The van der Waals surface area contributed by atoms with E-state index < -0.39 is 0 Å². The van der Waals surface area contributed by atoms with Gasteiger partial charge in [0.25, 0.3) is 0 Å². The molecule has 2 heterocycles. The van der Waals surface area contributed by atoms with Gasteiger partial charge in [0.05, 0.1) is 11.6 Å². The lowest BCUT2D eigenvalue weighted by molar-refractivity contribution is 1.19. The maximum Gasteiger partial charge on any atom is 0.166 e. The van der Waals surface area contributed by atoms with E-state index in [9.17, 15) is 0 Å². The van der Waals surface area contributed by atoms with Gasteiger partial charge in [0.1, 0.15) is 0 Å². The molecule has 0 spiro atoms. The number of aromatic amines is 1. The molecular weight excluding hydrogens is 206 g/mol. The number of thiazole rings is 1. The van der Waals surface area contributed by atoms with Crippen molar-refractivity contribution in [3.8, 4) is 10.8 Å². The molecule has 0 amide bonds. The Kier molecular flexibility index (Phi) is 2.33. The van der Waals surface area contributed by atoms with Crippen molar-refractivity contribution in [2.45, 2.75) is 12.8 Å². The first-order chi connectivity index (χ1) is 6.31. The van der Waals surface area contributed by atoms with Gasteiger partial charge in [-0.25, -0.2) is 9.97 Å². The van der Waals surface area contributed by atoms with Gasteiger partial charge in [0.15, 0.2) is 10.8 Å². The number of H-pyrrole nitrogens is 1. The Balaban J connectivity index is 2.43. The topological polar surface area (TPSA) is 41.6 Å². The van der Waals surface area contributed by atoms with Gasteiger partial charge in [-0.15, -0.1) is 22.9 Å². The Hall–Kier alpha value is -0.870. The second-order valence-electron chi connectivity index (χ2n) is 2.60. The molecule has 0 bridgehead atoms. The molecule has 0 radical (unpaired) electrons. The average molecular weight is 214 g/mol. The van der Waals surface area contributed by atoms with E-state index in [1.54, 1.807) is 23.7 Å². The van der Waals surface area contributed by atoms with Crippen LogP contribution in [0, 0.1) is 6.92 Å². The number of nitrogens with one attached hydrogen (secondary N) is 1. The van der Waals surface area contributed by atoms with E-state index in [2.05, 4.69) is 15.0 Å². The van der Waals surface area contributed by atoms with E-state index in [-0.39, 0.29) is 0 Å². The van der Waals surface area contributed by atoms with Crippen molar-refractivity contribution in [3.05, 3.63) is 23.0 Å². The number of alkyl halides is 1. The number of rotatable bonds is 2. The van der Waals surface area contributed by atoms with Crippen LogP contribution < -0.4 is 0 Å². The molecule has 2 rings (SSSR count). The zero-order chi connectivity index (χ0) is 9.26. The predicted molar refractivity (Wildman–Crippen MR) is 54.0 cm³/mol. The summed E-state index contributed by atoms with van der Waals surface area (Å²) in [5.74, 6) is 1.33. The minimum Gasteiger partial charge on any atom is -0.343 e. The Labute approximate surface area is 84.8 Å². The van der Waals surface area contributed by atoms with Crippen molar-refractivity contribution in [3.63, 3.8) is 0 Å². The average Bonchev–Trinajstić information content (AvgIpc) is 2.71. The largest absolute Gasteiger partial charge is 0.343 e. The number of hydrogen-bond acceptors (Lipinski definition) is 3. The summed E-state index contributed by atoms with van der Waals surface area (Å²) in [5, 5.41) is 0.901. The van der Waals surface area contributed by atoms with Crippen molar-refractivity contribution in [2.24, 2.45) is 0 Å². The predicted octanol–water partition coefficient (Wildman–Crippen LogP) is 2.58. The summed E-state index contributed by atoms with van der Waals surface area (Å²) < 4.78 is 0. The molecule has 68 valence electrons. The van der Waals surface area contributed by atoms with Crippen LogP contribution >= 0.6 is 22.9 Å². The Morgan fingerprint density at radius 2 is 2.46 bits per heavy atom. The van der Waals surface area contributed by atoms with Gasteiger partial charge >= 0.3 is 0 Å². The van der Waals surface area contributed by atoms with Gasteiger partial charge in [-0.2, -0.15) is 0 Å². The third kappa shape index (κ3) is 1.59. The van der Waals surface area contributed by atoms with E-state index in [0.717, 1.165) is 21.4 Å². The van der Waals surface area contributed by atoms with Crippen molar-refractivity contribution in [1.29, 1.82) is 0 Å². The molecule has 0 saturated heterocycles. The number of hydrogen-bond donors (Lipinski definition) is 1. The highest BCUT2D eigenvalue weighted by Gasteiger charge is 2.09. The normalized spacial score (nSPS) is 10.6. The molecule has 3 nitrogen and oxygen atoms in total. The molecular formula is C8H8ClN3S. The molecule has 0 aromatic carbocycles. The SMILES string of the molecule is Cc1nc(-c2ncc[nH]2)sc1CCl. The Morgan fingerprint density at radius 3 is 3.00 bits per heavy atom. The van der Waals surface area contributed by atoms with Crippen LogP contribution in [0.2, 0.25) is 0 Å². The summed E-state index contributed by atoms with van der Waals surface area (Å²) in [6.07, 6.45) is 3.50. The third-order valence-electron chi connectivity index (χ3n) is 1.71. The van der Waals surface area contributed by atoms with E-state index >= 15 is 0 Å². The van der Waals surface area contributed by atoms with Crippen molar-refractivity contribution in [2.75, 3.05) is 0 Å². The number of aryl methyl sites for hydroxylation is 1. The van der Waals surface area contributed by atoms with Crippen LogP contribution in [-0.2, 0) is 5.88 Å². The molecule has 2 aromatic heterocycles. The van der Waals surface area contributed by atoms with Crippen molar-refractivity contribution >= 4 is 22.9 Å². The molecule has 0 fully saturated rings. The lowest BCUT2D eigenvalue weighted by atomic mass is 10.4. The summed E-state index contributed by atoms with van der Waals surface area (Å²) in [5.41, 5.74) is 0.992. The molecule has 0 aliphatic carbocycles. The first-order valence-electron chi connectivity index (χ1n) is 3.83. The summed E-state index contributed by atoms with van der Waals surface area (Å²) in [6.45, 7) is 1.96. The minimum absolute atomic E-state index is 0.518. The number of imidazole rings is 1. The molecule has 5 heteroatoms. The molecule has 0 aliphatic heterocycles. The van der Waals surface area contributed by atoms with Gasteiger partial charge in [-0.3, -0.25) is 0 Å². The molecule has 0 aliphatic rings. The lowest BCUT2D eigenvalue weighted by Gasteiger charge is -1.85. The second kappa shape index (κ2) is 3.47. The minimum atomic E-state index is 0.518. The Morgan fingerprint density at radius 1 is 1.62 bits per heavy atom. The quantitative estimate of drug-likeness (QED) is 0.780. The number of halogens is 1. The molecule has 0 saturated carbocycles. The van der Waals surface area contributed by atoms with Gasteiger partial charge < -0.3 is 4.98 Å². The zero-order valence-electron chi connectivity index (χ0n) is 7.04. The fourth-order valence-corrected chi connectivity index (χ4v) is 2.26. The van der Waals surface area contributed by atoms with E-state index in [1.165, 1.54) is 0 Å². The fourth-order valence-electron chi connectivity index (χ4n) is 1.04. The van der Waals surface area contributed by atoms with Gasteiger partial charge in [-0.05, 0) is 6.92 Å². The number of aromatic nitrogens is 3. The van der Waals surface area contributed by atoms with Crippen LogP contribution in [0.5, 0.6) is 0 Å². The van der Waals surface area contributed by atoms with Crippen molar-refractivity contribution in [1.82, 2.24) is 15.0 Å². The summed E-state index contributed by atoms with van der Waals surface area (Å²) >= 11 is 7.33. The first kappa shape index (κ1) is 8.72. The van der Waals surface area contributed by atoms with Gasteiger partial charge in [0, 0.05) is 17.3 Å². The van der Waals surface area contributed by atoms with Crippen LogP contribution in [0.25, 0.3) is 10.8 Å². The molecule has 13 heavy (non-hydrogen) atoms. The smallest absolute Gasteiger partial charge is 0.166 e. The lowest BCUT2D eigenvalue weighted by Crippen LogP contribution is -1.79. The highest BCUT2D eigenvalue weighted by Crippen LogP contribution is 2.26. The van der Waals surface area contributed by atoms with Gasteiger partial charge in [-0.1, -0.05) is 0 Å². The zero-order valence-corrected chi connectivity index (χ0v) is 8.61. The van der Waals surface area contributed by atoms with Crippen molar-refractivity contribution < 1.29 is 0 Å². The van der Waals surface area contributed by atoms with Gasteiger partial charge in [0.2, 0.25) is 0 Å². The molecule has 0 atom stereocenters. The van der Waals surface area contributed by atoms with E-state index in [4.69, 9.17) is 11.6 Å². The summed E-state index contributed by atoms with van der Waals surface area (Å²) in [4.78, 5) is 12.6. The standard InChI is InChI=1S/C8H8ClN3S/c1-5-6(4-9)13-8(12-5)7-10-2-3-11-7/h2-3H,4H2,1H3,(H,10,11).